The highest BCUT2D eigenvalue weighted by molar-refractivity contribution is 7.98. The third-order valence-corrected chi connectivity index (χ3v) is 9.29. The predicted octanol–water partition coefficient (Wildman–Crippen LogP) is 6.43. The number of amides is 2. The van der Waals surface area contributed by atoms with Crippen molar-refractivity contribution in [2.45, 2.75) is 50.0 Å². The van der Waals surface area contributed by atoms with Gasteiger partial charge in [-0.3, -0.25) is 9.59 Å². The number of benzene rings is 3. The van der Waals surface area contributed by atoms with Gasteiger partial charge in [0.05, 0.1) is 28.5 Å². The van der Waals surface area contributed by atoms with Gasteiger partial charge in [-0.25, -0.2) is 9.59 Å². The highest BCUT2D eigenvalue weighted by Crippen LogP contribution is 2.35. The summed E-state index contributed by atoms with van der Waals surface area (Å²) < 4.78 is 20.6. The van der Waals surface area contributed by atoms with Crippen molar-refractivity contribution in [2.24, 2.45) is 0 Å². The summed E-state index contributed by atoms with van der Waals surface area (Å²) >= 11 is 15.0. The quantitative estimate of drug-likeness (QED) is 0.0725. The SMILES string of the molecule is CSc1cccc(C[C@H](NC(=O)c2c(Cl)cc3c(c2Cl)CCN(C(=O)c2ccc4ccoc4c2)C3)C(=O)OC(C)OC(=O)OCCCO)c1. The van der Waals surface area contributed by atoms with Crippen LogP contribution >= 0.6 is 35.0 Å². The molecule has 11 nitrogen and oxygen atoms in total. The van der Waals surface area contributed by atoms with Crippen LogP contribution < -0.4 is 5.32 Å². The van der Waals surface area contributed by atoms with Gasteiger partial charge in [0.1, 0.15) is 11.6 Å². The van der Waals surface area contributed by atoms with Crippen LogP contribution in [0.5, 0.6) is 0 Å². The first-order valence-corrected chi connectivity index (χ1v) is 17.4. The van der Waals surface area contributed by atoms with E-state index in [4.69, 9.17) is 46.9 Å². The molecule has 258 valence electrons. The van der Waals surface area contributed by atoms with Crippen molar-refractivity contribution in [3.63, 3.8) is 0 Å². The van der Waals surface area contributed by atoms with E-state index in [9.17, 15) is 19.2 Å². The lowest BCUT2D eigenvalue weighted by atomic mass is 9.95. The van der Waals surface area contributed by atoms with Crippen molar-refractivity contribution in [2.75, 3.05) is 26.0 Å². The van der Waals surface area contributed by atoms with Crippen LogP contribution in [0.4, 0.5) is 4.79 Å². The Morgan fingerprint density at radius 3 is 2.67 bits per heavy atom. The molecule has 14 heteroatoms. The fourth-order valence-corrected chi connectivity index (χ4v) is 6.67. The monoisotopic (exact) mass is 728 g/mol. The van der Waals surface area contributed by atoms with E-state index in [1.807, 2.05) is 42.7 Å². The maximum Gasteiger partial charge on any atom is 0.511 e. The summed E-state index contributed by atoms with van der Waals surface area (Å²) in [6, 6.07) is 14.9. The van der Waals surface area contributed by atoms with E-state index in [-0.39, 0.29) is 54.1 Å². The molecule has 0 radical (unpaired) electrons. The molecule has 2 amide bonds. The summed E-state index contributed by atoms with van der Waals surface area (Å²) in [6.45, 7) is 1.67. The minimum atomic E-state index is -1.34. The lowest BCUT2D eigenvalue weighted by Gasteiger charge is -2.30. The van der Waals surface area contributed by atoms with Crippen molar-refractivity contribution < 1.29 is 42.9 Å². The molecule has 1 aliphatic rings. The van der Waals surface area contributed by atoms with E-state index in [0.717, 1.165) is 15.8 Å². The number of carbonyl (C=O) groups excluding carboxylic acids is 4. The van der Waals surface area contributed by atoms with Crippen LogP contribution in [0.1, 0.15) is 50.8 Å². The van der Waals surface area contributed by atoms with Gasteiger partial charge in [0.15, 0.2) is 0 Å². The smallest absolute Gasteiger partial charge is 0.464 e. The first-order valence-electron chi connectivity index (χ1n) is 15.4. The number of hydrogen-bond donors (Lipinski definition) is 2. The number of halogens is 2. The number of carbonyl (C=O) groups is 4. The molecule has 0 saturated carbocycles. The second-order valence-corrected chi connectivity index (χ2v) is 12.9. The van der Waals surface area contributed by atoms with E-state index in [2.05, 4.69) is 5.32 Å². The number of hydrogen-bond acceptors (Lipinski definition) is 10. The molecule has 0 aliphatic carbocycles. The van der Waals surface area contributed by atoms with E-state index >= 15 is 0 Å². The van der Waals surface area contributed by atoms with Gasteiger partial charge in [0, 0.05) is 55.3 Å². The number of thioether (sulfide) groups is 1. The summed E-state index contributed by atoms with van der Waals surface area (Å²) in [5.74, 6) is -1.75. The van der Waals surface area contributed by atoms with E-state index in [1.165, 1.54) is 18.7 Å². The van der Waals surface area contributed by atoms with Crippen LogP contribution in [-0.4, -0.2) is 72.3 Å². The molecule has 4 aromatic rings. The summed E-state index contributed by atoms with van der Waals surface area (Å²) in [5.41, 5.74) is 3.20. The predicted molar refractivity (Wildman–Crippen MR) is 184 cm³/mol. The Morgan fingerprint density at radius 2 is 1.90 bits per heavy atom. The molecule has 49 heavy (non-hydrogen) atoms. The second-order valence-electron chi connectivity index (χ2n) is 11.2. The van der Waals surface area contributed by atoms with Crippen LogP contribution in [0.25, 0.3) is 11.0 Å². The van der Waals surface area contributed by atoms with Crippen LogP contribution in [0.2, 0.25) is 10.0 Å². The van der Waals surface area contributed by atoms with E-state index in [0.29, 0.717) is 35.2 Å². The Balaban J connectivity index is 1.32. The zero-order valence-corrected chi connectivity index (χ0v) is 29.0. The number of nitrogens with zero attached hydrogens (tertiary/aromatic N) is 1. The Kier molecular flexibility index (Phi) is 12.1. The first-order chi connectivity index (χ1) is 23.6. The zero-order chi connectivity index (χ0) is 35.1. The maximum atomic E-state index is 13.8. The van der Waals surface area contributed by atoms with Crippen LogP contribution in [0, 0.1) is 0 Å². The molecule has 0 spiro atoms. The molecule has 5 rings (SSSR count). The number of aliphatic hydroxyl groups is 1. The summed E-state index contributed by atoms with van der Waals surface area (Å²) in [6.07, 6.45) is 1.71. The topological polar surface area (TPSA) is 145 Å². The molecule has 2 N–H and O–H groups in total. The van der Waals surface area contributed by atoms with E-state index < -0.39 is 30.4 Å². The van der Waals surface area contributed by atoms with Crippen molar-refractivity contribution in [1.82, 2.24) is 10.2 Å². The number of furan rings is 1. The molecule has 1 unspecified atom stereocenters. The van der Waals surface area contributed by atoms with Crippen molar-refractivity contribution in [3.8, 4) is 0 Å². The minimum Gasteiger partial charge on any atom is -0.464 e. The summed E-state index contributed by atoms with van der Waals surface area (Å²) in [7, 11) is 0. The number of fused-ring (bicyclic) bond motifs is 2. The van der Waals surface area contributed by atoms with Gasteiger partial charge in [-0.05, 0) is 65.8 Å². The Bertz CT molecular complexity index is 1860. The summed E-state index contributed by atoms with van der Waals surface area (Å²) in [5, 5.41) is 12.6. The second kappa shape index (κ2) is 16.4. The van der Waals surface area contributed by atoms with Crippen LogP contribution in [0.3, 0.4) is 0 Å². The zero-order valence-electron chi connectivity index (χ0n) is 26.7. The largest absolute Gasteiger partial charge is 0.511 e. The standard InChI is InChI=1S/C35H34Cl2N2O9S/c1-20(48-35(44)46-13-4-12-40)47-34(43)28(16-21-5-3-6-25(15-21)49-2)38-32(41)30-27(36)17-24-19-39(11-9-26(24)31(30)37)33(42)23-8-7-22-10-14-45-29(22)18-23/h3,5-8,10,14-15,17-18,20,28,40H,4,9,11-13,16,19H2,1-2H3,(H,38,41)/t20?,28-/m0/s1. The third-order valence-electron chi connectivity index (χ3n) is 7.85. The van der Waals surface area contributed by atoms with E-state index in [1.54, 1.807) is 29.4 Å². The maximum absolute atomic E-state index is 13.8. The van der Waals surface area contributed by atoms with Crippen molar-refractivity contribution >= 4 is 69.9 Å². The van der Waals surface area contributed by atoms with Gasteiger partial charge in [-0.1, -0.05) is 41.4 Å². The first kappa shape index (κ1) is 36.1. The molecule has 2 atom stereocenters. The average Bonchev–Trinajstić information content (AvgIpc) is 3.55. The van der Waals surface area contributed by atoms with Crippen molar-refractivity contribution in [3.05, 3.63) is 98.7 Å². The van der Waals surface area contributed by atoms with Gasteiger partial charge in [0.25, 0.3) is 11.8 Å². The molecule has 2 heterocycles. The van der Waals surface area contributed by atoms with Crippen molar-refractivity contribution in [1.29, 1.82) is 0 Å². The third kappa shape index (κ3) is 8.87. The number of esters is 1. The Labute approximate surface area is 296 Å². The number of aliphatic hydroxyl groups excluding tert-OH is 1. The Hall–Kier alpha value is -4.23. The molecule has 1 aliphatic heterocycles. The van der Waals surface area contributed by atoms with Gasteiger partial charge in [-0.15, -0.1) is 11.8 Å². The molecular weight excluding hydrogens is 695 g/mol. The number of nitrogens with one attached hydrogen (secondary N) is 1. The highest BCUT2D eigenvalue weighted by atomic mass is 35.5. The van der Waals surface area contributed by atoms with Crippen LogP contribution in [-0.2, 0) is 38.4 Å². The number of ether oxygens (including phenoxy) is 3. The fourth-order valence-electron chi connectivity index (χ4n) is 5.42. The minimum absolute atomic E-state index is 0.0162. The molecule has 0 bridgehead atoms. The van der Waals surface area contributed by atoms with Crippen LogP contribution in [0.15, 0.2) is 70.2 Å². The van der Waals surface area contributed by atoms with Gasteiger partial charge in [0.2, 0.25) is 6.29 Å². The fraction of sp³-hybridized carbons (Fsp3) is 0.314. The average molecular weight is 730 g/mol. The van der Waals surface area contributed by atoms with Gasteiger partial charge in [-0.2, -0.15) is 0 Å². The normalized spacial score (nSPS) is 13.7. The molecule has 1 aromatic heterocycles. The highest BCUT2D eigenvalue weighted by Gasteiger charge is 2.31. The number of rotatable bonds is 12. The molecular formula is C35H34Cl2N2O9S. The molecule has 3 aromatic carbocycles. The molecule has 0 fully saturated rings. The molecule has 0 saturated heterocycles. The Morgan fingerprint density at radius 1 is 1.08 bits per heavy atom. The summed E-state index contributed by atoms with van der Waals surface area (Å²) in [4.78, 5) is 55.0. The lowest BCUT2D eigenvalue weighted by molar-refractivity contribution is -0.170. The lowest BCUT2D eigenvalue weighted by Crippen LogP contribution is -2.45. The van der Waals surface area contributed by atoms with Gasteiger partial charge >= 0.3 is 12.1 Å². The van der Waals surface area contributed by atoms with Gasteiger partial charge < -0.3 is 34.0 Å².